The number of hydrogen-bond acceptors (Lipinski definition) is 3. The number of aromatic nitrogens is 1. The molecule has 0 aliphatic carbocycles. The van der Waals surface area contributed by atoms with Crippen molar-refractivity contribution in [2.45, 2.75) is 32.7 Å². The van der Waals surface area contributed by atoms with Crippen molar-refractivity contribution in [1.82, 2.24) is 9.88 Å². The molecule has 0 spiro atoms. The Kier molecular flexibility index (Phi) is 3.92. The van der Waals surface area contributed by atoms with Gasteiger partial charge < -0.3 is 14.9 Å². The highest BCUT2D eigenvalue weighted by atomic mass is 35.5. The third kappa shape index (κ3) is 2.45. The van der Waals surface area contributed by atoms with E-state index in [1.807, 2.05) is 6.07 Å². The van der Waals surface area contributed by atoms with Crippen LogP contribution in [-0.2, 0) is 0 Å². The molecule has 0 aromatic carbocycles. The number of fused-ring (bicyclic) bond motifs is 1. The minimum Gasteiger partial charge on any atom is -0.465 e. The molecule has 2 atom stereocenters. The first-order valence-corrected chi connectivity index (χ1v) is 8.49. The molecule has 0 radical (unpaired) electrons. The van der Waals surface area contributed by atoms with Gasteiger partial charge in [-0.15, -0.1) is 0 Å². The highest BCUT2D eigenvalue weighted by Crippen LogP contribution is 2.54. The van der Waals surface area contributed by atoms with Crippen molar-refractivity contribution in [1.29, 1.82) is 0 Å². The fourth-order valence-electron chi connectivity index (χ4n) is 4.18. The Balaban J connectivity index is 2.01. The van der Waals surface area contributed by atoms with Crippen LogP contribution in [0.15, 0.2) is 12.3 Å². The first-order chi connectivity index (χ1) is 10.7. The van der Waals surface area contributed by atoms with Gasteiger partial charge in [0, 0.05) is 25.6 Å². The van der Waals surface area contributed by atoms with E-state index in [1.54, 1.807) is 6.20 Å². The summed E-state index contributed by atoms with van der Waals surface area (Å²) < 4.78 is 0. The number of carbonyl (C=O) groups is 1. The van der Waals surface area contributed by atoms with Crippen molar-refractivity contribution in [2.24, 2.45) is 11.3 Å². The predicted molar refractivity (Wildman–Crippen MR) is 91.5 cm³/mol. The maximum absolute atomic E-state index is 11.5. The van der Waals surface area contributed by atoms with Crippen LogP contribution >= 0.6 is 23.2 Å². The summed E-state index contributed by atoms with van der Waals surface area (Å²) in [5.74, 6) is 0.465. The second-order valence-electron chi connectivity index (χ2n) is 7.44. The van der Waals surface area contributed by atoms with E-state index in [-0.39, 0.29) is 16.1 Å². The van der Waals surface area contributed by atoms with E-state index in [1.165, 1.54) is 4.90 Å². The lowest BCUT2D eigenvalue weighted by atomic mass is 9.57. The number of nitrogens with zero attached hydrogens (tertiary/aromatic N) is 3. The molecule has 5 nitrogen and oxygen atoms in total. The monoisotopic (exact) mass is 357 g/mol. The molecule has 23 heavy (non-hydrogen) atoms. The van der Waals surface area contributed by atoms with Gasteiger partial charge in [0.15, 0.2) is 0 Å². The van der Waals surface area contributed by atoms with Gasteiger partial charge >= 0.3 is 6.09 Å². The van der Waals surface area contributed by atoms with E-state index < -0.39 is 6.09 Å². The van der Waals surface area contributed by atoms with Crippen LogP contribution in [0.2, 0.25) is 10.2 Å². The Morgan fingerprint density at radius 2 is 2.13 bits per heavy atom. The van der Waals surface area contributed by atoms with Gasteiger partial charge in [0.2, 0.25) is 0 Å². The molecule has 3 rings (SSSR count). The van der Waals surface area contributed by atoms with Crippen molar-refractivity contribution in [3.63, 3.8) is 0 Å². The van der Waals surface area contributed by atoms with Crippen molar-refractivity contribution >= 4 is 35.0 Å². The largest absolute Gasteiger partial charge is 0.465 e. The Morgan fingerprint density at radius 1 is 1.43 bits per heavy atom. The quantitative estimate of drug-likeness (QED) is 0.771. The van der Waals surface area contributed by atoms with Gasteiger partial charge in [0.05, 0.1) is 22.4 Å². The lowest BCUT2D eigenvalue weighted by molar-refractivity contribution is -0.0311. The fourth-order valence-corrected chi connectivity index (χ4v) is 4.44. The van der Waals surface area contributed by atoms with Crippen LogP contribution in [0.1, 0.15) is 27.2 Å². The molecule has 1 amide bonds. The number of hydrogen-bond donors (Lipinski definition) is 1. The molecule has 0 unspecified atom stereocenters. The normalized spacial score (nSPS) is 27.4. The number of likely N-dealkylation sites (tertiary alicyclic amines) is 1. The molecule has 2 fully saturated rings. The van der Waals surface area contributed by atoms with Gasteiger partial charge in [0.1, 0.15) is 5.15 Å². The summed E-state index contributed by atoms with van der Waals surface area (Å²) in [4.78, 5) is 19.4. The minimum absolute atomic E-state index is 0.0872. The number of pyridine rings is 1. The lowest BCUT2D eigenvalue weighted by Crippen LogP contribution is -2.79. The molecule has 2 aliphatic heterocycles. The van der Waals surface area contributed by atoms with Gasteiger partial charge in [-0.1, -0.05) is 44.0 Å². The number of amides is 1. The summed E-state index contributed by atoms with van der Waals surface area (Å²) in [7, 11) is 0. The van der Waals surface area contributed by atoms with Crippen LogP contribution in [0.4, 0.5) is 10.5 Å². The van der Waals surface area contributed by atoms with E-state index in [4.69, 9.17) is 23.2 Å². The standard InChI is InChI=1S/C16H21Cl2N3O2/c1-15(2,3)16-9-20(14(22)23)5-4-10(16)8-21(16)11-6-12(17)13(18)19-7-11/h6-7,10H,4-5,8-9H2,1-3H3,(H,22,23)/t10-,16+/m0/s1. The number of piperidine rings is 1. The highest BCUT2D eigenvalue weighted by molar-refractivity contribution is 6.41. The van der Waals surface area contributed by atoms with Gasteiger partial charge in [-0.25, -0.2) is 9.78 Å². The van der Waals surface area contributed by atoms with Crippen LogP contribution < -0.4 is 4.90 Å². The van der Waals surface area contributed by atoms with Gasteiger partial charge in [-0.2, -0.15) is 0 Å². The Labute approximate surface area is 146 Å². The SMILES string of the molecule is CC(C)(C)[C@@]12CN(C(=O)O)CC[C@H]1CN2c1cnc(Cl)c(Cl)c1. The molecule has 2 saturated heterocycles. The van der Waals surface area contributed by atoms with Gasteiger partial charge in [-0.05, 0) is 17.9 Å². The average Bonchev–Trinajstić information content (AvgIpc) is 2.42. The third-order valence-electron chi connectivity index (χ3n) is 5.40. The van der Waals surface area contributed by atoms with Crippen molar-refractivity contribution in [2.75, 3.05) is 24.5 Å². The fraction of sp³-hybridized carbons (Fsp3) is 0.625. The number of anilines is 1. The minimum atomic E-state index is -0.855. The average molecular weight is 358 g/mol. The summed E-state index contributed by atoms with van der Waals surface area (Å²) in [5, 5.41) is 10.1. The summed E-state index contributed by atoms with van der Waals surface area (Å²) in [6.07, 6.45) is 1.75. The predicted octanol–water partition coefficient (Wildman–Crippen LogP) is 3.99. The highest BCUT2D eigenvalue weighted by Gasteiger charge is 2.62. The molecule has 126 valence electrons. The molecule has 1 aromatic heterocycles. The Hall–Kier alpha value is -1.20. The van der Waals surface area contributed by atoms with Crippen LogP contribution in [0.5, 0.6) is 0 Å². The second kappa shape index (κ2) is 5.42. The topological polar surface area (TPSA) is 56.7 Å². The van der Waals surface area contributed by atoms with Crippen molar-refractivity contribution in [3.8, 4) is 0 Å². The molecule has 0 bridgehead atoms. The summed E-state index contributed by atoms with van der Waals surface area (Å²) in [6.45, 7) is 8.50. The van der Waals surface area contributed by atoms with E-state index >= 15 is 0 Å². The van der Waals surface area contributed by atoms with Crippen molar-refractivity contribution < 1.29 is 9.90 Å². The molecule has 7 heteroatoms. The third-order valence-corrected chi connectivity index (χ3v) is 6.09. The van der Waals surface area contributed by atoms with E-state index in [2.05, 4.69) is 30.7 Å². The maximum atomic E-state index is 11.5. The first-order valence-electron chi connectivity index (χ1n) is 7.73. The zero-order valence-corrected chi connectivity index (χ0v) is 15.0. The Bertz CT molecular complexity index is 647. The number of rotatable bonds is 1. The van der Waals surface area contributed by atoms with E-state index in [0.29, 0.717) is 24.0 Å². The summed E-state index contributed by atoms with van der Waals surface area (Å²) >= 11 is 12.1. The molecular formula is C16H21Cl2N3O2. The second-order valence-corrected chi connectivity index (χ2v) is 8.21. The molecule has 1 aromatic rings. The van der Waals surface area contributed by atoms with Crippen LogP contribution in [0, 0.1) is 11.3 Å². The number of carboxylic acid groups (broad SMARTS) is 1. The number of halogens is 2. The maximum Gasteiger partial charge on any atom is 0.407 e. The van der Waals surface area contributed by atoms with Crippen LogP contribution in [-0.4, -0.2) is 46.3 Å². The smallest absolute Gasteiger partial charge is 0.407 e. The summed E-state index contributed by atoms with van der Waals surface area (Å²) in [5.41, 5.74) is 0.566. The van der Waals surface area contributed by atoms with Gasteiger partial charge in [0.25, 0.3) is 0 Å². The zero-order chi connectivity index (χ0) is 17.0. The van der Waals surface area contributed by atoms with E-state index in [9.17, 15) is 9.90 Å². The first kappa shape index (κ1) is 16.7. The molecular weight excluding hydrogens is 337 g/mol. The molecule has 0 saturated carbocycles. The Morgan fingerprint density at radius 3 is 2.70 bits per heavy atom. The van der Waals surface area contributed by atoms with Crippen LogP contribution in [0.3, 0.4) is 0 Å². The molecule has 3 heterocycles. The molecule has 1 N–H and O–H groups in total. The van der Waals surface area contributed by atoms with E-state index in [0.717, 1.165) is 18.7 Å². The zero-order valence-electron chi connectivity index (χ0n) is 13.5. The summed E-state index contributed by atoms with van der Waals surface area (Å²) in [6, 6.07) is 1.82. The van der Waals surface area contributed by atoms with Gasteiger partial charge in [-0.3, -0.25) is 0 Å². The van der Waals surface area contributed by atoms with Crippen LogP contribution in [0.25, 0.3) is 0 Å². The molecule has 2 aliphatic rings. The lowest BCUT2D eigenvalue weighted by Gasteiger charge is -2.68. The van der Waals surface area contributed by atoms with Crippen molar-refractivity contribution in [3.05, 3.63) is 22.4 Å².